The molecule has 1 amide bonds. The summed E-state index contributed by atoms with van der Waals surface area (Å²) < 4.78 is 5.35. The monoisotopic (exact) mass is 341 g/mol. The highest BCUT2D eigenvalue weighted by Crippen LogP contribution is 2.30. The Labute approximate surface area is 149 Å². The molecule has 134 valence electrons. The molecule has 1 aliphatic heterocycles. The SMILES string of the molecule is CCc1ccc(C(=O)N2CCN(c3cccc(OC)c3)C(C)(C)C2)[nH]1. The molecule has 25 heavy (non-hydrogen) atoms. The summed E-state index contributed by atoms with van der Waals surface area (Å²) >= 11 is 0. The lowest BCUT2D eigenvalue weighted by atomic mass is 9.97. The molecule has 1 saturated heterocycles. The molecule has 2 aromatic rings. The van der Waals surface area contributed by atoms with Crippen LogP contribution in [0.15, 0.2) is 36.4 Å². The van der Waals surface area contributed by atoms with E-state index >= 15 is 0 Å². The fraction of sp³-hybridized carbons (Fsp3) is 0.450. The van der Waals surface area contributed by atoms with Crippen molar-refractivity contribution in [3.63, 3.8) is 0 Å². The quantitative estimate of drug-likeness (QED) is 0.928. The number of aromatic amines is 1. The number of aromatic nitrogens is 1. The van der Waals surface area contributed by atoms with E-state index in [1.807, 2.05) is 29.2 Å². The number of anilines is 1. The van der Waals surface area contributed by atoms with Crippen LogP contribution in [-0.2, 0) is 6.42 Å². The molecule has 1 aromatic carbocycles. The van der Waals surface area contributed by atoms with Crippen molar-refractivity contribution in [3.8, 4) is 5.75 Å². The maximum atomic E-state index is 12.8. The van der Waals surface area contributed by atoms with Crippen LogP contribution < -0.4 is 9.64 Å². The summed E-state index contributed by atoms with van der Waals surface area (Å²) in [5.74, 6) is 0.934. The van der Waals surface area contributed by atoms with Crippen LogP contribution in [0, 0.1) is 0 Å². The molecule has 0 radical (unpaired) electrons. The first-order valence-corrected chi connectivity index (χ1v) is 8.83. The lowest BCUT2D eigenvalue weighted by molar-refractivity contribution is 0.0680. The van der Waals surface area contributed by atoms with E-state index in [4.69, 9.17) is 4.74 Å². The zero-order valence-electron chi connectivity index (χ0n) is 15.5. The number of H-pyrrole nitrogens is 1. The molecule has 0 bridgehead atoms. The highest BCUT2D eigenvalue weighted by Gasteiger charge is 2.36. The number of nitrogens with zero attached hydrogens (tertiary/aromatic N) is 2. The molecule has 0 atom stereocenters. The van der Waals surface area contributed by atoms with Crippen molar-refractivity contribution in [1.29, 1.82) is 0 Å². The fourth-order valence-electron chi connectivity index (χ4n) is 3.53. The number of amides is 1. The molecule has 0 unspecified atom stereocenters. The average Bonchev–Trinajstić information content (AvgIpc) is 3.09. The Morgan fingerprint density at radius 1 is 1.24 bits per heavy atom. The highest BCUT2D eigenvalue weighted by molar-refractivity contribution is 5.92. The van der Waals surface area contributed by atoms with Crippen LogP contribution >= 0.6 is 0 Å². The summed E-state index contributed by atoms with van der Waals surface area (Å²) in [5.41, 5.74) is 2.75. The predicted molar refractivity (Wildman–Crippen MR) is 100 cm³/mol. The molecule has 2 heterocycles. The topological polar surface area (TPSA) is 48.6 Å². The van der Waals surface area contributed by atoms with Crippen molar-refractivity contribution in [2.75, 3.05) is 31.6 Å². The number of benzene rings is 1. The molecule has 1 aliphatic rings. The van der Waals surface area contributed by atoms with Gasteiger partial charge in [-0.15, -0.1) is 0 Å². The van der Waals surface area contributed by atoms with Crippen LogP contribution in [0.3, 0.4) is 0 Å². The van der Waals surface area contributed by atoms with E-state index in [0.29, 0.717) is 18.8 Å². The van der Waals surface area contributed by atoms with E-state index in [9.17, 15) is 4.79 Å². The number of nitrogens with one attached hydrogen (secondary N) is 1. The normalized spacial score (nSPS) is 16.8. The van der Waals surface area contributed by atoms with Gasteiger partial charge in [-0.3, -0.25) is 4.79 Å². The predicted octanol–water partition coefficient (Wildman–Crippen LogP) is 3.33. The number of aryl methyl sites for hydroxylation is 1. The number of hydrogen-bond acceptors (Lipinski definition) is 3. The van der Waals surface area contributed by atoms with Crippen LogP contribution in [-0.4, -0.2) is 48.1 Å². The van der Waals surface area contributed by atoms with Crippen molar-refractivity contribution in [2.45, 2.75) is 32.7 Å². The number of piperazine rings is 1. The number of ether oxygens (including phenoxy) is 1. The molecule has 1 N–H and O–H groups in total. The molecule has 0 spiro atoms. The Kier molecular flexibility index (Phi) is 4.75. The van der Waals surface area contributed by atoms with E-state index in [1.165, 1.54) is 0 Å². The molecule has 1 fully saturated rings. The van der Waals surface area contributed by atoms with Crippen molar-refractivity contribution < 1.29 is 9.53 Å². The van der Waals surface area contributed by atoms with Gasteiger partial charge in [-0.1, -0.05) is 13.0 Å². The second-order valence-electron chi connectivity index (χ2n) is 7.14. The second-order valence-corrected chi connectivity index (χ2v) is 7.14. The lowest BCUT2D eigenvalue weighted by Crippen LogP contribution is -2.60. The number of hydrogen-bond donors (Lipinski definition) is 1. The minimum absolute atomic E-state index is 0.0815. The average molecular weight is 341 g/mol. The van der Waals surface area contributed by atoms with E-state index in [2.05, 4.69) is 42.8 Å². The van der Waals surface area contributed by atoms with Gasteiger partial charge >= 0.3 is 0 Å². The third kappa shape index (κ3) is 3.50. The smallest absolute Gasteiger partial charge is 0.270 e. The van der Waals surface area contributed by atoms with Crippen molar-refractivity contribution in [2.24, 2.45) is 0 Å². The maximum Gasteiger partial charge on any atom is 0.270 e. The van der Waals surface area contributed by atoms with Gasteiger partial charge in [-0.05, 0) is 44.5 Å². The molecule has 0 aliphatic carbocycles. The van der Waals surface area contributed by atoms with Gasteiger partial charge in [0.2, 0.25) is 0 Å². The Morgan fingerprint density at radius 2 is 2.04 bits per heavy atom. The maximum absolute atomic E-state index is 12.8. The number of carbonyl (C=O) groups is 1. The standard InChI is InChI=1S/C20H27N3O2/c1-5-15-9-10-18(21-15)19(24)22-11-12-23(20(2,3)14-22)16-7-6-8-17(13-16)25-4/h6-10,13,21H,5,11-12,14H2,1-4H3. The third-order valence-electron chi connectivity index (χ3n) is 4.91. The fourth-order valence-corrected chi connectivity index (χ4v) is 3.53. The van der Waals surface area contributed by atoms with E-state index in [-0.39, 0.29) is 11.4 Å². The number of methoxy groups -OCH3 is 1. The minimum atomic E-state index is -0.152. The molecule has 5 heteroatoms. The van der Waals surface area contributed by atoms with Gasteiger partial charge in [0.1, 0.15) is 11.4 Å². The first kappa shape index (κ1) is 17.4. The molecule has 0 saturated carbocycles. The minimum Gasteiger partial charge on any atom is -0.497 e. The Balaban J connectivity index is 1.76. The molecule has 1 aromatic heterocycles. The summed E-state index contributed by atoms with van der Waals surface area (Å²) in [4.78, 5) is 20.3. The van der Waals surface area contributed by atoms with Gasteiger partial charge in [0.05, 0.1) is 12.6 Å². The van der Waals surface area contributed by atoms with Gasteiger partial charge in [0.25, 0.3) is 5.91 Å². The zero-order chi connectivity index (χ0) is 18.0. The van der Waals surface area contributed by atoms with Crippen LogP contribution in [0.4, 0.5) is 5.69 Å². The first-order chi connectivity index (χ1) is 11.9. The lowest BCUT2D eigenvalue weighted by Gasteiger charge is -2.48. The largest absolute Gasteiger partial charge is 0.497 e. The van der Waals surface area contributed by atoms with Crippen molar-refractivity contribution in [1.82, 2.24) is 9.88 Å². The van der Waals surface area contributed by atoms with Gasteiger partial charge in [0.15, 0.2) is 0 Å². The third-order valence-corrected chi connectivity index (χ3v) is 4.91. The van der Waals surface area contributed by atoms with Gasteiger partial charge in [0, 0.05) is 37.1 Å². The van der Waals surface area contributed by atoms with Gasteiger partial charge < -0.3 is 19.5 Å². The zero-order valence-corrected chi connectivity index (χ0v) is 15.5. The first-order valence-electron chi connectivity index (χ1n) is 8.83. The van der Waals surface area contributed by atoms with Gasteiger partial charge in [-0.2, -0.15) is 0 Å². The van der Waals surface area contributed by atoms with E-state index < -0.39 is 0 Å². The van der Waals surface area contributed by atoms with Crippen molar-refractivity contribution in [3.05, 3.63) is 47.8 Å². The summed E-state index contributed by atoms with van der Waals surface area (Å²) in [6, 6.07) is 12.0. The Bertz CT molecular complexity index is 751. The molecular formula is C20H27N3O2. The molecule has 5 nitrogen and oxygen atoms in total. The summed E-state index contributed by atoms with van der Waals surface area (Å²) in [5, 5.41) is 0. The second kappa shape index (κ2) is 6.82. The molecular weight excluding hydrogens is 314 g/mol. The number of rotatable bonds is 4. The summed E-state index contributed by atoms with van der Waals surface area (Å²) in [7, 11) is 1.68. The molecule has 3 rings (SSSR count). The number of carbonyl (C=O) groups excluding carboxylic acids is 1. The Morgan fingerprint density at radius 3 is 2.68 bits per heavy atom. The van der Waals surface area contributed by atoms with Crippen LogP contribution in [0.1, 0.15) is 37.0 Å². The van der Waals surface area contributed by atoms with Crippen LogP contribution in [0.5, 0.6) is 5.75 Å². The summed E-state index contributed by atoms with van der Waals surface area (Å²) in [6.45, 7) is 8.63. The van der Waals surface area contributed by atoms with Gasteiger partial charge in [-0.25, -0.2) is 0 Å². The van der Waals surface area contributed by atoms with Crippen LogP contribution in [0.25, 0.3) is 0 Å². The highest BCUT2D eigenvalue weighted by atomic mass is 16.5. The van der Waals surface area contributed by atoms with Crippen LogP contribution in [0.2, 0.25) is 0 Å². The van der Waals surface area contributed by atoms with E-state index in [0.717, 1.165) is 30.1 Å². The van der Waals surface area contributed by atoms with Crippen molar-refractivity contribution >= 4 is 11.6 Å². The Hall–Kier alpha value is -2.43. The summed E-state index contributed by atoms with van der Waals surface area (Å²) in [6.07, 6.45) is 0.905. The van der Waals surface area contributed by atoms with E-state index in [1.54, 1.807) is 7.11 Å².